The lowest BCUT2D eigenvalue weighted by Gasteiger charge is -2.10. The Hall–Kier alpha value is 0.580. The molecule has 0 saturated carbocycles. The third-order valence-electron chi connectivity index (χ3n) is 1.58. The van der Waals surface area contributed by atoms with Gasteiger partial charge in [-0.25, -0.2) is 0 Å². The zero-order valence-corrected chi connectivity index (χ0v) is 7.64. The van der Waals surface area contributed by atoms with Crippen LogP contribution in [0.1, 0.15) is 0 Å². The van der Waals surface area contributed by atoms with Crippen LogP contribution in [0.15, 0.2) is 0 Å². The molecular formula is C6H12O3S2. The van der Waals surface area contributed by atoms with Gasteiger partial charge in [0.25, 0.3) is 0 Å². The van der Waals surface area contributed by atoms with Crippen molar-refractivity contribution in [2.24, 2.45) is 0 Å². The predicted octanol–water partition coefficient (Wildman–Crippen LogP) is -0.493. The zero-order valence-electron chi connectivity index (χ0n) is 6.01. The van der Waals surface area contributed by atoms with Crippen LogP contribution in [-0.4, -0.2) is 50.2 Å². The van der Waals surface area contributed by atoms with Crippen molar-refractivity contribution >= 4 is 23.5 Å². The minimum absolute atomic E-state index is 0.0827. The molecule has 1 heterocycles. The van der Waals surface area contributed by atoms with E-state index in [-0.39, 0.29) is 34.9 Å². The highest BCUT2D eigenvalue weighted by atomic mass is 32.2. The number of aliphatic hydroxyl groups excluding tert-OH is 3. The number of hydrogen-bond donors (Lipinski definition) is 3. The molecule has 0 radical (unpaired) electrons. The summed E-state index contributed by atoms with van der Waals surface area (Å²) >= 11 is 3.09. The van der Waals surface area contributed by atoms with Crippen molar-refractivity contribution in [1.29, 1.82) is 0 Å². The Balaban J connectivity index is 2.41. The summed E-state index contributed by atoms with van der Waals surface area (Å²) < 4.78 is 0.129. The number of rotatable bonds is 3. The summed E-state index contributed by atoms with van der Waals surface area (Å²) in [5, 5.41) is 26.7. The molecule has 0 aromatic heterocycles. The maximum atomic E-state index is 8.85. The van der Waals surface area contributed by atoms with Crippen LogP contribution in [0.25, 0.3) is 0 Å². The van der Waals surface area contributed by atoms with E-state index >= 15 is 0 Å². The highest BCUT2D eigenvalue weighted by molar-refractivity contribution is 8.20. The van der Waals surface area contributed by atoms with Gasteiger partial charge in [0.15, 0.2) is 0 Å². The standard InChI is InChI=1S/C6H12O3S2/c7-1-4-5(2-8)11-6(3-9)10-4/h4-9H,1-3H2. The summed E-state index contributed by atoms with van der Waals surface area (Å²) in [6.07, 6.45) is 0. The quantitative estimate of drug-likeness (QED) is 0.568. The molecule has 3 nitrogen and oxygen atoms in total. The van der Waals surface area contributed by atoms with Gasteiger partial charge in [-0.1, -0.05) is 0 Å². The summed E-state index contributed by atoms with van der Waals surface area (Å²) in [6.45, 7) is 0.279. The van der Waals surface area contributed by atoms with Gasteiger partial charge in [-0.2, -0.15) is 0 Å². The van der Waals surface area contributed by atoms with E-state index in [0.717, 1.165) is 0 Å². The van der Waals surface area contributed by atoms with E-state index in [1.165, 1.54) is 0 Å². The van der Waals surface area contributed by atoms with Gasteiger partial charge in [0, 0.05) is 10.5 Å². The normalized spacial score (nSPS) is 37.9. The highest BCUT2D eigenvalue weighted by Crippen LogP contribution is 2.42. The first kappa shape index (κ1) is 9.67. The van der Waals surface area contributed by atoms with Crippen LogP contribution in [0, 0.1) is 0 Å². The minimum atomic E-state index is 0.0827. The van der Waals surface area contributed by atoms with Crippen LogP contribution < -0.4 is 0 Å². The maximum Gasteiger partial charge on any atom is 0.0741 e. The summed E-state index contributed by atoms with van der Waals surface area (Å²) in [5.74, 6) is 0. The molecule has 0 aromatic carbocycles. The third kappa shape index (κ3) is 2.26. The second-order valence-electron chi connectivity index (χ2n) is 2.33. The molecule has 1 aliphatic heterocycles. The smallest absolute Gasteiger partial charge is 0.0741 e. The molecule has 1 fully saturated rings. The molecule has 66 valence electrons. The lowest BCUT2D eigenvalue weighted by Crippen LogP contribution is -2.22. The molecule has 0 amide bonds. The molecule has 2 atom stereocenters. The third-order valence-corrected chi connectivity index (χ3v) is 4.98. The lowest BCUT2D eigenvalue weighted by atomic mass is 10.3. The number of aliphatic hydroxyl groups is 3. The second-order valence-corrected chi connectivity index (χ2v) is 5.52. The van der Waals surface area contributed by atoms with Gasteiger partial charge in [-0.15, -0.1) is 23.5 Å². The van der Waals surface area contributed by atoms with Crippen molar-refractivity contribution in [2.75, 3.05) is 19.8 Å². The molecule has 2 unspecified atom stereocenters. The van der Waals surface area contributed by atoms with Crippen molar-refractivity contribution < 1.29 is 15.3 Å². The summed E-state index contributed by atoms with van der Waals surface area (Å²) in [4.78, 5) is 0. The van der Waals surface area contributed by atoms with Gasteiger partial charge >= 0.3 is 0 Å². The molecular weight excluding hydrogens is 184 g/mol. The first-order chi connectivity index (χ1) is 5.31. The van der Waals surface area contributed by atoms with Crippen LogP contribution in [0.2, 0.25) is 0 Å². The number of hydrogen-bond acceptors (Lipinski definition) is 5. The van der Waals surface area contributed by atoms with E-state index in [9.17, 15) is 0 Å². The Labute approximate surface area is 74.2 Å². The molecule has 1 aliphatic rings. The molecule has 1 saturated heterocycles. The maximum absolute atomic E-state index is 8.85. The highest BCUT2D eigenvalue weighted by Gasteiger charge is 2.34. The van der Waals surface area contributed by atoms with E-state index in [4.69, 9.17) is 15.3 Å². The van der Waals surface area contributed by atoms with Gasteiger partial charge in [0.2, 0.25) is 0 Å². The molecule has 11 heavy (non-hydrogen) atoms. The van der Waals surface area contributed by atoms with Gasteiger partial charge in [0.1, 0.15) is 0 Å². The van der Waals surface area contributed by atoms with Crippen molar-refractivity contribution in [3.63, 3.8) is 0 Å². The molecule has 0 spiro atoms. The summed E-state index contributed by atoms with van der Waals surface area (Å²) in [7, 11) is 0. The van der Waals surface area contributed by atoms with Crippen molar-refractivity contribution in [3.05, 3.63) is 0 Å². The SMILES string of the molecule is OCC1SC(CO)C(CO)S1. The van der Waals surface area contributed by atoms with Crippen LogP contribution >= 0.6 is 23.5 Å². The second kappa shape index (κ2) is 4.57. The van der Waals surface area contributed by atoms with Crippen molar-refractivity contribution in [1.82, 2.24) is 0 Å². The Morgan fingerprint density at radius 3 is 1.55 bits per heavy atom. The van der Waals surface area contributed by atoms with Gasteiger partial charge in [0.05, 0.1) is 24.4 Å². The van der Waals surface area contributed by atoms with Crippen molar-refractivity contribution in [2.45, 2.75) is 15.1 Å². The molecule has 3 N–H and O–H groups in total. The van der Waals surface area contributed by atoms with Gasteiger partial charge in [-0.05, 0) is 0 Å². The Morgan fingerprint density at radius 1 is 0.818 bits per heavy atom. The van der Waals surface area contributed by atoms with Crippen LogP contribution in [0.5, 0.6) is 0 Å². The van der Waals surface area contributed by atoms with Gasteiger partial charge in [-0.3, -0.25) is 0 Å². The molecule has 0 bridgehead atoms. The van der Waals surface area contributed by atoms with E-state index in [2.05, 4.69) is 0 Å². The molecule has 1 rings (SSSR count). The first-order valence-corrected chi connectivity index (χ1v) is 5.34. The van der Waals surface area contributed by atoms with E-state index < -0.39 is 0 Å². The fourth-order valence-corrected chi connectivity index (χ4v) is 4.15. The predicted molar refractivity (Wildman–Crippen MR) is 47.8 cm³/mol. The fourth-order valence-electron chi connectivity index (χ4n) is 1.00. The Bertz CT molecular complexity index is 110. The van der Waals surface area contributed by atoms with E-state index in [0.29, 0.717) is 0 Å². The first-order valence-electron chi connectivity index (χ1n) is 3.45. The summed E-state index contributed by atoms with van der Waals surface area (Å²) in [5.41, 5.74) is 0. The monoisotopic (exact) mass is 196 g/mol. The van der Waals surface area contributed by atoms with Crippen LogP contribution in [-0.2, 0) is 0 Å². The van der Waals surface area contributed by atoms with E-state index in [1.807, 2.05) is 0 Å². The van der Waals surface area contributed by atoms with Crippen LogP contribution in [0.3, 0.4) is 0 Å². The van der Waals surface area contributed by atoms with Crippen LogP contribution in [0.4, 0.5) is 0 Å². The topological polar surface area (TPSA) is 60.7 Å². The van der Waals surface area contributed by atoms with Crippen molar-refractivity contribution in [3.8, 4) is 0 Å². The average molecular weight is 196 g/mol. The number of thioether (sulfide) groups is 2. The summed E-state index contributed by atoms with van der Waals surface area (Å²) in [6, 6.07) is 0. The lowest BCUT2D eigenvalue weighted by molar-refractivity contribution is 0.254. The minimum Gasteiger partial charge on any atom is -0.395 e. The molecule has 5 heteroatoms. The zero-order chi connectivity index (χ0) is 8.27. The van der Waals surface area contributed by atoms with Gasteiger partial charge < -0.3 is 15.3 Å². The Morgan fingerprint density at radius 2 is 1.27 bits per heavy atom. The average Bonchev–Trinajstić information content (AvgIpc) is 2.46. The fraction of sp³-hybridized carbons (Fsp3) is 1.00. The molecule has 0 aromatic rings. The Kier molecular flexibility index (Phi) is 4.01. The van der Waals surface area contributed by atoms with E-state index in [1.54, 1.807) is 23.5 Å². The molecule has 0 aliphatic carbocycles. The largest absolute Gasteiger partial charge is 0.395 e.